The highest BCUT2D eigenvalue weighted by atomic mass is 16.6. The molecule has 104 valence electrons. The van der Waals surface area contributed by atoms with Gasteiger partial charge in [-0.1, -0.05) is 0 Å². The molecule has 2 rings (SSSR count). The Bertz CT molecular complexity index is 659. The van der Waals surface area contributed by atoms with E-state index in [1.54, 1.807) is 6.92 Å². The summed E-state index contributed by atoms with van der Waals surface area (Å²) in [5, 5.41) is 14.4. The smallest absolute Gasteiger partial charge is 0.399 e. The number of nitrogens with zero attached hydrogens (tertiary/aromatic N) is 5. The first kappa shape index (κ1) is 13.2. The molecule has 0 aliphatic rings. The van der Waals surface area contributed by atoms with Gasteiger partial charge >= 0.3 is 5.88 Å². The van der Waals surface area contributed by atoms with E-state index in [1.807, 2.05) is 0 Å². The number of aromatic nitrogens is 3. The first-order chi connectivity index (χ1) is 9.45. The van der Waals surface area contributed by atoms with Crippen LogP contribution in [0.25, 0.3) is 0 Å². The van der Waals surface area contributed by atoms with Crippen molar-refractivity contribution in [1.82, 2.24) is 15.0 Å². The highest BCUT2D eigenvalue weighted by molar-refractivity contribution is 5.96. The van der Waals surface area contributed by atoms with Gasteiger partial charge in [0.05, 0.1) is 6.07 Å². The number of nitrogens with one attached hydrogen (secondary N) is 1. The number of hydrazone groups is 1. The lowest BCUT2D eigenvalue weighted by Crippen LogP contribution is -2.07. The largest absolute Gasteiger partial charge is 0.433 e. The fraction of sp³-hybridized carbons (Fsp3) is 0.111. The molecule has 0 aliphatic heterocycles. The highest BCUT2D eigenvalue weighted by Gasteiger charge is 2.13. The number of nitrogens with two attached hydrogens (primary N) is 2. The zero-order valence-corrected chi connectivity index (χ0v) is 10.3. The van der Waals surface area contributed by atoms with Crippen LogP contribution in [0.15, 0.2) is 21.7 Å². The Morgan fingerprint density at radius 2 is 2.00 bits per heavy atom. The van der Waals surface area contributed by atoms with Crippen molar-refractivity contribution in [2.45, 2.75) is 6.92 Å². The van der Waals surface area contributed by atoms with E-state index in [9.17, 15) is 10.1 Å². The number of nitro groups is 1. The Morgan fingerprint density at radius 1 is 1.35 bits per heavy atom. The Labute approximate surface area is 111 Å². The normalized spacial score (nSPS) is 11.3. The minimum absolute atomic E-state index is 0.0513. The molecule has 0 radical (unpaired) electrons. The van der Waals surface area contributed by atoms with Crippen molar-refractivity contribution in [2.75, 3.05) is 16.9 Å². The third-order valence-electron chi connectivity index (χ3n) is 2.12. The van der Waals surface area contributed by atoms with Crippen LogP contribution >= 0.6 is 0 Å². The van der Waals surface area contributed by atoms with Crippen LogP contribution in [0, 0.1) is 10.1 Å². The summed E-state index contributed by atoms with van der Waals surface area (Å²) >= 11 is 0. The van der Waals surface area contributed by atoms with E-state index in [4.69, 9.17) is 15.9 Å². The van der Waals surface area contributed by atoms with Gasteiger partial charge in [0, 0.05) is 0 Å². The average Bonchev–Trinajstić information content (AvgIpc) is 2.84. The van der Waals surface area contributed by atoms with Gasteiger partial charge in [0.25, 0.3) is 0 Å². The van der Waals surface area contributed by atoms with Crippen LogP contribution in [-0.4, -0.2) is 25.6 Å². The van der Waals surface area contributed by atoms with Gasteiger partial charge in [-0.25, -0.2) is 5.43 Å². The van der Waals surface area contributed by atoms with Crippen molar-refractivity contribution in [1.29, 1.82) is 0 Å². The summed E-state index contributed by atoms with van der Waals surface area (Å²) < 4.78 is 4.97. The molecule has 0 saturated carbocycles. The fourth-order valence-corrected chi connectivity index (χ4v) is 1.27. The minimum Gasteiger partial charge on any atom is -0.399 e. The Kier molecular flexibility index (Phi) is 3.41. The number of hydrogen-bond acceptors (Lipinski definition) is 10. The number of nitrogen functional groups attached to an aromatic ring is 2. The average molecular weight is 278 g/mol. The SMILES string of the molecule is C/C(=N/Nc1nc(N)nc(N)n1)c1ccc([N+](=O)[O-])o1. The maximum Gasteiger partial charge on any atom is 0.433 e. The third kappa shape index (κ3) is 2.95. The highest BCUT2D eigenvalue weighted by Crippen LogP contribution is 2.16. The predicted octanol–water partition coefficient (Wildman–Crippen LogP) is 0.373. The van der Waals surface area contributed by atoms with Crippen LogP contribution < -0.4 is 16.9 Å². The molecule has 0 amide bonds. The van der Waals surface area contributed by atoms with Crippen molar-refractivity contribution >= 4 is 29.4 Å². The molecule has 2 aromatic heterocycles. The molecule has 0 fully saturated rings. The van der Waals surface area contributed by atoms with E-state index in [2.05, 4.69) is 25.5 Å². The van der Waals surface area contributed by atoms with Crippen LogP contribution in [0.5, 0.6) is 0 Å². The molecule has 0 spiro atoms. The molecule has 2 aromatic rings. The standard InChI is InChI=1S/C9H10N8O3/c1-4(5-2-3-6(20-5)17(18)19)15-16-9-13-7(10)12-8(11)14-9/h2-3H,1H3,(H5,10,11,12,13,14,16)/b15-4-. The topological polar surface area (TPSA) is 171 Å². The second-order valence-corrected chi connectivity index (χ2v) is 3.58. The number of hydrogen-bond donors (Lipinski definition) is 3. The van der Waals surface area contributed by atoms with Crippen molar-refractivity contribution in [3.63, 3.8) is 0 Å². The van der Waals surface area contributed by atoms with Gasteiger partial charge in [-0.05, 0) is 13.0 Å². The van der Waals surface area contributed by atoms with Crippen molar-refractivity contribution in [3.8, 4) is 0 Å². The molecule has 0 atom stereocenters. The maximum atomic E-state index is 10.5. The second kappa shape index (κ2) is 5.17. The van der Waals surface area contributed by atoms with E-state index in [-0.39, 0.29) is 29.5 Å². The van der Waals surface area contributed by atoms with Gasteiger partial charge < -0.3 is 15.9 Å². The Balaban J connectivity index is 2.15. The second-order valence-electron chi connectivity index (χ2n) is 3.58. The van der Waals surface area contributed by atoms with Crippen LogP contribution in [0.4, 0.5) is 23.7 Å². The quantitative estimate of drug-likeness (QED) is 0.405. The molecular weight excluding hydrogens is 268 g/mol. The number of rotatable bonds is 4. The lowest BCUT2D eigenvalue weighted by Gasteiger charge is -2.01. The van der Waals surface area contributed by atoms with Gasteiger partial charge in [-0.15, -0.1) is 0 Å². The molecule has 20 heavy (non-hydrogen) atoms. The van der Waals surface area contributed by atoms with E-state index in [1.165, 1.54) is 12.1 Å². The summed E-state index contributed by atoms with van der Waals surface area (Å²) in [5.41, 5.74) is 13.6. The van der Waals surface area contributed by atoms with Crippen LogP contribution in [0.3, 0.4) is 0 Å². The zero-order valence-electron chi connectivity index (χ0n) is 10.3. The molecular formula is C9H10N8O3. The van der Waals surface area contributed by atoms with Crippen molar-refractivity contribution < 1.29 is 9.34 Å². The lowest BCUT2D eigenvalue weighted by atomic mass is 10.3. The van der Waals surface area contributed by atoms with Gasteiger partial charge in [0.15, 0.2) is 5.76 Å². The summed E-state index contributed by atoms with van der Waals surface area (Å²) in [5.74, 6) is -0.194. The van der Waals surface area contributed by atoms with E-state index < -0.39 is 4.92 Å². The third-order valence-corrected chi connectivity index (χ3v) is 2.12. The van der Waals surface area contributed by atoms with Gasteiger partial charge in [0.1, 0.15) is 10.6 Å². The minimum atomic E-state index is -0.641. The molecule has 11 nitrogen and oxygen atoms in total. The summed E-state index contributed by atoms with van der Waals surface area (Å²) in [6, 6.07) is 2.65. The first-order valence-electron chi connectivity index (χ1n) is 5.27. The van der Waals surface area contributed by atoms with E-state index in [0.717, 1.165) is 0 Å². The Morgan fingerprint density at radius 3 is 2.55 bits per heavy atom. The van der Waals surface area contributed by atoms with Gasteiger partial charge in [-0.2, -0.15) is 20.1 Å². The Hall–Kier alpha value is -3.24. The van der Waals surface area contributed by atoms with E-state index >= 15 is 0 Å². The van der Waals surface area contributed by atoms with Crippen LogP contribution in [0.2, 0.25) is 0 Å². The van der Waals surface area contributed by atoms with Gasteiger partial charge in [-0.3, -0.25) is 10.1 Å². The molecule has 0 saturated heterocycles. The molecule has 0 bridgehead atoms. The molecule has 11 heteroatoms. The molecule has 5 N–H and O–H groups in total. The monoisotopic (exact) mass is 278 g/mol. The summed E-state index contributed by atoms with van der Waals surface area (Å²) in [7, 11) is 0. The molecule has 0 aliphatic carbocycles. The summed E-state index contributed by atoms with van der Waals surface area (Å²) in [6.07, 6.45) is 0. The van der Waals surface area contributed by atoms with Gasteiger partial charge in [0.2, 0.25) is 17.8 Å². The van der Waals surface area contributed by atoms with Crippen molar-refractivity contribution in [2.24, 2.45) is 5.10 Å². The summed E-state index contributed by atoms with van der Waals surface area (Å²) in [6.45, 7) is 1.59. The number of furan rings is 1. The molecule has 2 heterocycles. The summed E-state index contributed by atoms with van der Waals surface area (Å²) in [4.78, 5) is 20.9. The fourth-order valence-electron chi connectivity index (χ4n) is 1.27. The lowest BCUT2D eigenvalue weighted by molar-refractivity contribution is -0.402. The van der Waals surface area contributed by atoms with Crippen LogP contribution in [-0.2, 0) is 0 Å². The zero-order chi connectivity index (χ0) is 14.7. The first-order valence-corrected chi connectivity index (χ1v) is 5.27. The van der Waals surface area contributed by atoms with Crippen LogP contribution in [0.1, 0.15) is 12.7 Å². The molecule has 0 unspecified atom stereocenters. The molecule has 0 aromatic carbocycles. The van der Waals surface area contributed by atoms with Crippen molar-refractivity contribution in [3.05, 3.63) is 28.0 Å². The predicted molar refractivity (Wildman–Crippen MR) is 69.8 cm³/mol. The number of anilines is 3. The maximum absolute atomic E-state index is 10.5. The van der Waals surface area contributed by atoms with E-state index in [0.29, 0.717) is 5.71 Å².